The molecular formula is C17H23N3. The van der Waals surface area contributed by atoms with Gasteiger partial charge in [0.2, 0.25) is 0 Å². The number of aromatic nitrogens is 2. The van der Waals surface area contributed by atoms with Gasteiger partial charge in [-0.2, -0.15) is 5.10 Å². The molecule has 1 aliphatic rings. The van der Waals surface area contributed by atoms with Gasteiger partial charge >= 0.3 is 0 Å². The number of hydrogen-bond donors (Lipinski definition) is 1. The Labute approximate surface area is 120 Å². The van der Waals surface area contributed by atoms with E-state index in [0.29, 0.717) is 5.82 Å². The molecule has 3 nitrogen and oxygen atoms in total. The van der Waals surface area contributed by atoms with Crippen molar-refractivity contribution in [1.82, 2.24) is 9.78 Å². The molecule has 1 fully saturated rings. The maximum Gasteiger partial charge on any atom is 0.153 e. The first kappa shape index (κ1) is 13.2. The van der Waals surface area contributed by atoms with Crippen molar-refractivity contribution < 1.29 is 0 Å². The predicted molar refractivity (Wildman–Crippen MR) is 83.6 cm³/mol. The highest BCUT2D eigenvalue weighted by Gasteiger charge is 2.16. The number of aryl methyl sites for hydroxylation is 1. The van der Waals surface area contributed by atoms with Gasteiger partial charge in [-0.25, -0.2) is 0 Å². The molecule has 20 heavy (non-hydrogen) atoms. The van der Waals surface area contributed by atoms with Gasteiger partial charge in [0.05, 0.1) is 0 Å². The zero-order valence-corrected chi connectivity index (χ0v) is 12.4. The van der Waals surface area contributed by atoms with Crippen molar-refractivity contribution in [3.63, 3.8) is 0 Å². The van der Waals surface area contributed by atoms with Gasteiger partial charge in [0.25, 0.3) is 0 Å². The van der Waals surface area contributed by atoms with E-state index in [2.05, 4.69) is 36.3 Å². The maximum absolute atomic E-state index is 6.02. The molecule has 0 radical (unpaired) electrons. The highest BCUT2D eigenvalue weighted by Crippen LogP contribution is 2.34. The van der Waals surface area contributed by atoms with Crippen molar-refractivity contribution in [2.75, 3.05) is 5.73 Å². The van der Waals surface area contributed by atoms with Gasteiger partial charge in [0.15, 0.2) is 5.82 Å². The van der Waals surface area contributed by atoms with E-state index in [9.17, 15) is 0 Å². The Morgan fingerprint density at radius 2 is 1.75 bits per heavy atom. The summed E-state index contributed by atoms with van der Waals surface area (Å²) >= 11 is 0. The first-order valence-electron chi connectivity index (χ1n) is 7.56. The molecule has 0 aliphatic heterocycles. The second-order valence-electron chi connectivity index (χ2n) is 5.93. The molecule has 1 aromatic carbocycles. The molecule has 0 spiro atoms. The minimum Gasteiger partial charge on any atom is -0.382 e. The maximum atomic E-state index is 6.02. The van der Waals surface area contributed by atoms with E-state index in [1.807, 2.05) is 11.7 Å². The minimum atomic E-state index is 0.621. The fourth-order valence-corrected chi connectivity index (χ4v) is 3.35. The minimum absolute atomic E-state index is 0.621. The van der Waals surface area contributed by atoms with Gasteiger partial charge in [-0.05, 0) is 36.8 Å². The molecule has 0 atom stereocenters. The van der Waals surface area contributed by atoms with Crippen molar-refractivity contribution >= 4 is 5.82 Å². The van der Waals surface area contributed by atoms with E-state index in [-0.39, 0.29) is 0 Å². The highest BCUT2D eigenvalue weighted by molar-refractivity contribution is 5.76. The highest BCUT2D eigenvalue weighted by atomic mass is 15.3. The van der Waals surface area contributed by atoms with Crippen molar-refractivity contribution in [1.29, 1.82) is 0 Å². The molecule has 1 heterocycles. The monoisotopic (exact) mass is 269 g/mol. The number of anilines is 1. The van der Waals surface area contributed by atoms with Crippen LogP contribution >= 0.6 is 0 Å². The Hall–Kier alpha value is -1.77. The van der Waals surface area contributed by atoms with Crippen LogP contribution in [-0.2, 0) is 7.05 Å². The smallest absolute Gasteiger partial charge is 0.153 e. The van der Waals surface area contributed by atoms with E-state index in [4.69, 9.17) is 5.73 Å². The zero-order chi connectivity index (χ0) is 14.1. The summed E-state index contributed by atoms with van der Waals surface area (Å²) in [5.74, 6) is 1.38. The van der Waals surface area contributed by atoms with Crippen LogP contribution in [-0.4, -0.2) is 9.78 Å². The third-order valence-corrected chi connectivity index (χ3v) is 4.64. The summed E-state index contributed by atoms with van der Waals surface area (Å²) in [5.41, 5.74) is 10.9. The van der Waals surface area contributed by atoms with Gasteiger partial charge in [0, 0.05) is 18.3 Å². The third kappa shape index (κ3) is 2.33. The number of nitrogen functional groups attached to an aromatic ring is 1. The first-order valence-corrected chi connectivity index (χ1v) is 7.56. The van der Waals surface area contributed by atoms with Gasteiger partial charge in [-0.1, -0.05) is 43.5 Å². The van der Waals surface area contributed by atoms with E-state index in [0.717, 1.165) is 17.2 Å². The summed E-state index contributed by atoms with van der Waals surface area (Å²) in [6, 6.07) is 8.95. The summed E-state index contributed by atoms with van der Waals surface area (Å²) in [6.45, 7) is 2.06. The lowest BCUT2D eigenvalue weighted by atomic mass is 9.84. The Balaban J connectivity index is 1.89. The molecule has 3 heteroatoms. The predicted octanol–water partition coefficient (Wildman–Crippen LogP) is 4.03. The van der Waals surface area contributed by atoms with Crippen molar-refractivity contribution in [3.8, 4) is 11.1 Å². The Morgan fingerprint density at radius 3 is 2.30 bits per heavy atom. The lowest BCUT2D eigenvalue weighted by molar-refractivity contribution is 0.443. The fraction of sp³-hybridized carbons (Fsp3) is 0.471. The number of benzene rings is 1. The number of rotatable bonds is 2. The standard InChI is InChI=1S/C17H23N3/c1-12-16(17(18)19-20(12)2)15-10-8-14(9-11-15)13-6-4-3-5-7-13/h8-11,13H,3-7H2,1-2H3,(H2,18,19). The molecule has 0 amide bonds. The average Bonchev–Trinajstić information content (AvgIpc) is 2.73. The van der Waals surface area contributed by atoms with Crippen LogP contribution < -0.4 is 5.73 Å². The topological polar surface area (TPSA) is 43.8 Å². The number of hydrogen-bond acceptors (Lipinski definition) is 2. The third-order valence-electron chi connectivity index (χ3n) is 4.64. The molecule has 0 unspecified atom stereocenters. The molecule has 1 saturated carbocycles. The van der Waals surface area contributed by atoms with Crippen molar-refractivity contribution in [3.05, 3.63) is 35.5 Å². The van der Waals surface area contributed by atoms with Gasteiger partial charge in [0.1, 0.15) is 0 Å². The summed E-state index contributed by atoms with van der Waals surface area (Å²) in [7, 11) is 1.94. The molecule has 0 bridgehead atoms. The second-order valence-corrected chi connectivity index (χ2v) is 5.93. The molecule has 2 aromatic rings. The molecular weight excluding hydrogens is 246 g/mol. The fourth-order valence-electron chi connectivity index (χ4n) is 3.35. The quantitative estimate of drug-likeness (QED) is 0.894. The first-order chi connectivity index (χ1) is 9.66. The van der Waals surface area contributed by atoms with E-state index in [1.54, 1.807) is 0 Å². The van der Waals surface area contributed by atoms with E-state index < -0.39 is 0 Å². The Morgan fingerprint density at radius 1 is 1.10 bits per heavy atom. The van der Waals surface area contributed by atoms with Crippen molar-refractivity contribution in [2.45, 2.75) is 44.9 Å². The SMILES string of the molecule is Cc1c(-c2ccc(C3CCCCC3)cc2)c(N)nn1C. The summed E-state index contributed by atoms with van der Waals surface area (Å²) in [4.78, 5) is 0. The van der Waals surface area contributed by atoms with Crippen LogP contribution in [0.5, 0.6) is 0 Å². The number of nitrogens with zero attached hydrogens (tertiary/aromatic N) is 2. The normalized spacial score (nSPS) is 16.5. The summed E-state index contributed by atoms with van der Waals surface area (Å²) < 4.78 is 1.85. The Kier molecular flexibility index (Phi) is 3.51. The zero-order valence-electron chi connectivity index (χ0n) is 12.4. The largest absolute Gasteiger partial charge is 0.382 e. The van der Waals surface area contributed by atoms with Gasteiger partial charge in [-0.3, -0.25) is 4.68 Å². The van der Waals surface area contributed by atoms with E-state index in [1.165, 1.54) is 43.2 Å². The lowest BCUT2D eigenvalue weighted by Gasteiger charge is -2.22. The van der Waals surface area contributed by atoms with Crippen LogP contribution in [0.2, 0.25) is 0 Å². The molecule has 1 aliphatic carbocycles. The van der Waals surface area contributed by atoms with Crippen molar-refractivity contribution in [2.24, 2.45) is 7.05 Å². The van der Waals surface area contributed by atoms with Crippen LogP contribution in [0.3, 0.4) is 0 Å². The molecule has 0 saturated heterocycles. The molecule has 3 rings (SSSR count). The Bertz CT molecular complexity index is 589. The second kappa shape index (κ2) is 5.31. The van der Waals surface area contributed by atoms with Crippen LogP contribution in [0.1, 0.15) is 49.3 Å². The lowest BCUT2D eigenvalue weighted by Crippen LogP contribution is -2.04. The van der Waals surface area contributed by atoms with Crippen LogP contribution in [0.15, 0.2) is 24.3 Å². The average molecular weight is 269 g/mol. The molecule has 106 valence electrons. The van der Waals surface area contributed by atoms with Gasteiger partial charge < -0.3 is 5.73 Å². The van der Waals surface area contributed by atoms with E-state index >= 15 is 0 Å². The van der Waals surface area contributed by atoms with Gasteiger partial charge in [-0.15, -0.1) is 0 Å². The molecule has 1 aromatic heterocycles. The summed E-state index contributed by atoms with van der Waals surface area (Å²) in [6.07, 6.45) is 6.84. The number of nitrogens with two attached hydrogens (primary N) is 1. The van der Waals surface area contributed by atoms with Crippen LogP contribution in [0, 0.1) is 6.92 Å². The van der Waals surface area contributed by atoms with Crippen LogP contribution in [0.25, 0.3) is 11.1 Å². The summed E-state index contributed by atoms with van der Waals surface area (Å²) in [5, 5.41) is 4.29. The van der Waals surface area contributed by atoms with Crippen LogP contribution in [0.4, 0.5) is 5.82 Å². The molecule has 2 N–H and O–H groups in total.